The van der Waals surface area contributed by atoms with Gasteiger partial charge in [0.05, 0.1) is 0 Å². The molecule has 3 heteroatoms. The van der Waals surface area contributed by atoms with E-state index in [1.165, 1.54) is 24.0 Å². The van der Waals surface area contributed by atoms with Gasteiger partial charge in [0.1, 0.15) is 12.4 Å². The first-order chi connectivity index (χ1) is 13.3. The molecule has 0 atom stereocenters. The molecule has 1 aliphatic carbocycles. The zero-order valence-corrected chi connectivity index (χ0v) is 15.5. The van der Waals surface area contributed by atoms with Crippen LogP contribution in [-0.4, -0.2) is 6.54 Å². The summed E-state index contributed by atoms with van der Waals surface area (Å²) in [5.41, 5.74) is 11.7. The molecule has 0 unspecified atom stereocenters. The maximum absolute atomic E-state index is 5.97. The van der Waals surface area contributed by atoms with Gasteiger partial charge in [0.25, 0.3) is 0 Å². The van der Waals surface area contributed by atoms with Crippen molar-refractivity contribution in [2.45, 2.75) is 26.0 Å². The molecule has 0 saturated heterocycles. The third-order valence-electron chi connectivity index (χ3n) is 4.93. The van der Waals surface area contributed by atoms with E-state index in [9.17, 15) is 0 Å². The summed E-state index contributed by atoms with van der Waals surface area (Å²) in [6, 6.07) is 25.0. The zero-order valence-electron chi connectivity index (χ0n) is 15.5. The van der Waals surface area contributed by atoms with Crippen molar-refractivity contribution in [2.24, 2.45) is 11.7 Å². The number of benzene rings is 3. The van der Waals surface area contributed by atoms with Crippen molar-refractivity contribution < 1.29 is 4.74 Å². The first-order valence-electron chi connectivity index (χ1n) is 9.65. The lowest BCUT2D eigenvalue weighted by Crippen LogP contribution is -2.05. The first-order valence-corrected chi connectivity index (χ1v) is 9.65. The molecule has 3 aromatic rings. The summed E-state index contributed by atoms with van der Waals surface area (Å²) >= 11 is 0. The lowest BCUT2D eigenvalue weighted by molar-refractivity contribution is 0.306. The average molecular weight is 358 g/mol. The fourth-order valence-corrected chi connectivity index (χ4v) is 3.19. The summed E-state index contributed by atoms with van der Waals surface area (Å²) in [4.78, 5) is 0. The van der Waals surface area contributed by atoms with Gasteiger partial charge in [-0.15, -0.1) is 0 Å². The van der Waals surface area contributed by atoms with Gasteiger partial charge in [-0.25, -0.2) is 0 Å². The predicted molar refractivity (Wildman–Crippen MR) is 112 cm³/mol. The van der Waals surface area contributed by atoms with Crippen molar-refractivity contribution >= 4 is 5.69 Å². The topological polar surface area (TPSA) is 47.3 Å². The molecule has 0 aliphatic heterocycles. The highest BCUT2D eigenvalue weighted by Gasteiger charge is 2.20. The van der Waals surface area contributed by atoms with E-state index in [2.05, 4.69) is 47.8 Å². The third-order valence-corrected chi connectivity index (χ3v) is 4.93. The Morgan fingerprint density at radius 3 is 2.44 bits per heavy atom. The predicted octanol–water partition coefficient (Wildman–Crippen LogP) is 5.21. The molecule has 0 amide bonds. The van der Waals surface area contributed by atoms with Crippen LogP contribution in [0.25, 0.3) is 11.1 Å². The van der Waals surface area contributed by atoms with Crippen LogP contribution in [0.15, 0.2) is 72.8 Å². The van der Waals surface area contributed by atoms with Gasteiger partial charge in [0.2, 0.25) is 0 Å². The van der Waals surface area contributed by atoms with Gasteiger partial charge < -0.3 is 15.8 Å². The highest BCUT2D eigenvalue weighted by Crippen LogP contribution is 2.31. The molecule has 1 fully saturated rings. The van der Waals surface area contributed by atoms with Crippen LogP contribution in [0.2, 0.25) is 0 Å². The van der Waals surface area contributed by atoms with Crippen LogP contribution in [0.4, 0.5) is 5.69 Å². The second-order valence-corrected chi connectivity index (χ2v) is 7.25. The van der Waals surface area contributed by atoms with Gasteiger partial charge in [-0.2, -0.15) is 0 Å². The third kappa shape index (κ3) is 4.89. The summed E-state index contributed by atoms with van der Waals surface area (Å²) < 4.78 is 5.97. The second kappa shape index (κ2) is 8.28. The minimum Gasteiger partial charge on any atom is -0.489 e. The van der Waals surface area contributed by atoms with Crippen LogP contribution >= 0.6 is 0 Å². The first kappa shape index (κ1) is 17.6. The molecular weight excluding hydrogens is 332 g/mol. The Hall–Kier alpha value is -2.78. The van der Waals surface area contributed by atoms with Crippen molar-refractivity contribution in [2.75, 3.05) is 11.9 Å². The van der Waals surface area contributed by atoms with Crippen LogP contribution in [0.3, 0.4) is 0 Å². The van der Waals surface area contributed by atoms with E-state index in [1.54, 1.807) is 0 Å². The summed E-state index contributed by atoms with van der Waals surface area (Å²) in [5.74, 6) is 1.72. The Balaban J connectivity index is 1.59. The minimum atomic E-state index is 0.548. The molecule has 3 N–H and O–H groups in total. The highest BCUT2D eigenvalue weighted by molar-refractivity contribution is 5.70. The van der Waals surface area contributed by atoms with Crippen molar-refractivity contribution in [3.05, 3.63) is 83.9 Å². The van der Waals surface area contributed by atoms with Crippen LogP contribution in [0, 0.1) is 5.92 Å². The number of nitrogens with one attached hydrogen (secondary N) is 1. The van der Waals surface area contributed by atoms with Crippen LogP contribution in [0.1, 0.15) is 24.0 Å². The van der Waals surface area contributed by atoms with Crippen molar-refractivity contribution in [1.82, 2.24) is 0 Å². The Labute approximate surface area is 161 Å². The summed E-state index contributed by atoms with van der Waals surface area (Å²) in [6.07, 6.45) is 2.68. The molecule has 0 bridgehead atoms. The Morgan fingerprint density at radius 1 is 0.852 bits per heavy atom. The fraction of sp³-hybridized carbons (Fsp3) is 0.250. The van der Waals surface area contributed by atoms with Gasteiger partial charge >= 0.3 is 0 Å². The SMILES string of the molecule is NCc1cccc(-c2cc(COc3ccccc3)cc(NCC3CC3)c2)c1. The molecule has 3 aromatic carbocycles. The normalized spacial score (nSPS) is 13.4. The summed E-state index contributed by atoms with van der Waals surface area (Å²) in [5, 5.41) is 3.60. The van der Waals surface area contributed by atoms with Gasteiger partial charge in [-0.1, -0.05) is 36.4 Å². The van der Waals surface area contributed by atoms with Gasteiger partial charge in [0.15, 0.2) is 0 Å². The zero-order chi connectivity index (χ0) is 18.5. The maximum atomic E-state index is 5.97. The Bertz CT molecular complexity index is 888. The molecule has 27 heavy (non-hydrogen) atoms. The lowest BCUT2D eigenvalue weighted by atomic mass is 10.00. The second-order valence-electron chi connectivity index (χ2n) is 7.25. The fourth-order valence-electron chi connectivity index (χ4n) is 3.19. The van der Waals surface area contributed by atoms with Crippen LogP contribution < -0.4 is 15.8 Å². The monoisotopic (exact) mass is 358 g/mol. The highest BCUT2D eigenvalue weighted by atomic mass is 16.5. The van der Waals surface area contributed by atoms with Crippen LogP contribution in [0.5, 0.6) is 5.75 Å². The molecule has 1 aliphatic rings. The minimum absolute atomic E-state index is 0.548. The van der Waals surface area contributed by atoms with Crippen molar-refractivity contribution in [1.29, 1.82) is 0 Å². The molecular formula is C24H26N2O. The van der Waals surface area contributed by atoms with E-state index in [-0.39, 0.29) is 0 Å². The smallest absolute Gasteiger partial charge is 0.119 e. The van der Waals surface area contributed by atoms with E-state index < -0.39 is 0 Å². The molecule has 0 spiro atoms. The quantitative estimate of drug-likeness (QED) is 0.581. The van der Waals surface area contributed by atoms with Gasteiger partial charge in [0, 0.05) is 18.8 Å². The number of ether oxygens (including phenoxy) is 1. The number of nitrogens with two attached hydrogens (primary N) is 1. The Morgan fingerprint density at radius 2 is 1.67 bits per heavy atom. The number of para-hydroxylation sites is 1. The number of rotatable bonds is 8. The standard InChI is InChI=1S/C24H26N2O/c25-15-19-5-4-6-21(11-19)22-12-20(17-27-24-7-2-1-3-8-24)13-23(14-22)26-16-18-9-10-18/h1-8,11-14,18,26H,9-10,15-17,25H2. The van der Waals surface area contributed by atoms with Gasteiger partial charge in [-0.3, -0.25) is 0 Å². The molecule has 1 saturated carbocycles. The number of hydrogen-bond acceptors (Lipinski definition) is 3. The lowest BCUT2D eigenvalue weighted by Gasteiger charge is -2.13. The molecule has 4 rings (SSSR count). The van der Waals surface area contributed by atoms with E-state index in [0.29, 0.717) is 13.2 Å². The van der Waals surface area contributed by atoms with Crippen LogP contribution in [-0.2, 0) is 13.2 Å². The van der Waals surface area contributed by atoms with E-state index in [4.69, 9.17) is 10.5 Å². The van der Waals surface area contributed by atoms with Crippen molar-refractivity contribution in [3.63, 3.8) is 0 Å². The average Bonchev–Trinajstić information content (AvgIpc) is 3.56. The maximum Gasteiger partial charge on any atom is 0.119 e. The molecule has 0 aromatic heterocycles. The molecule has 0 heterocycles. The number of anilines is 1. The van der Waals surface area contributed by atoms with Crippen molar-refractivity contribution in [3.8, 4) is 16.9 Å². The summed E-state index contributed by atoms with van der Waals surface area (Å²) in [6.45, 7) is 2.15. The molecule has 0 radical (unpaired) electrons. The number of hydrogen-bond donors (Lipinski definition) is 2. The van der Waals surface area contributed by atoms with Gasteiger partial charge in [-0.05, 0) is 77.4 Å². The Kier molecular flexibility index (Phi) is 5.40. The molecule has 3 nitrogen and oxygen atoms in total. The van der Waals surface area contributed by atoms with E-state index in [0.717, 1.165) is 35.0 Å². The summed E-state index contributed by atoms with van der Waals surface area (Å²) in [7, 11) is 0. The van der Waals surface area contributed by atoms with E-state index in [1.807, 2.05) is 30.3 Å². The van der Waals surface area contributed by atoms with E-state index >= 15 is 0 Å². The molecule has 138 valence electrons. The largest absolute Gasteiger partial charge is 0.489 e.